The molecule has 0 bridgehead atoms. The molecule has 0 saturated carbocycles. The first-order chi connectivity index (χ1) is 8.45. The zero-order valence-corrected chi connectivity index (χ0v) is 11.0. The van der Waals surface area contributed by atoms with Crippen molar-refractivity contribution < 1.29 is 4.79 Å². The summed E-state index contributed by atoms with van der Waals surface area (Å²) in [5.41, 5.74) is 8.56. The lowest BCUT2D eigenvalue weighted by Gasteiger charge is -2.26. The van der Waals surface area contributed by atoms with Crippen LogP contribution in [-0.4, -0.2) is 29.0 Å². The van der Waals surface area contributed by atoms with E-state index in [9.17, 15) is 4.79 Å². The maximum atomic E-state index is 11.1. The summed E-state index contributed by atoms with van der Waals surface area (Å²) in [5.74, 6) is 6.57. The number of carbonyl (C=O) groups excluding carboxylic acids is 1. The standard InChI is InChI=1S/C11H20N6O/c1-7(2)4-17(5-9(12)18)11-8(3)10(16-13)14-6-15-11/h6-7H,4-5,13H2,1-3H3,(H2,12,18)(H,14,15,16). The number of carbonyl (C=O) groups is 1. The Balaban J connectivity index is 3.07. The van der Waals surface area contributed by atoms with Crippen molar-refractivity contribution in [3.63, 3.8) is 0 Å². The Hall–Kier alpha value is -1.89. The molecule has 7 heteroatoms. The van der Waals surface area contributed by atoms with Crippen LogP contribution >= 0.6 is 0 Å². The predicted octanol–water partition coefficient (Wildman–Crippen LogP) is 0.0183. The third-order valence-corrected chi connectivity index (χ3v) is 2.43. The van der Waals surface area contributed by atoms with Gasteiger partial charge in [-0.2, -0.15) is 0 Å². The summed E-state index contributed by atoms with van der Waals surface area (Å²) >= 11 is 0. The maximum absolute atomic E-state index is 11.1. The molecule has 5 N–H and O–H groups in total. The molecule has 18 heavy (non-hydrogen) atoms. The Morgan fingerprint density at radius 2 is 2.17 bits per heavy atom. The second-order valence-electron chi connectivity index (χ2n) is 4.56. The third kappa shape index (κ3) is 3.56. The van der Waals surface area contributed by atoms with Crippen molar-refractivity contribution in [3.05, 3.63) is 11.9 Å². The number of nitrogens with zero attached hydrogens (tertiary/aromatic N) is 3. The van der Waals surface area contributed by atoms with E-state index >= 15 is 0 Å². The number of nitrogens with two attached hydrogens (primary N) is 2. The van der Waals surface area contributed by atoms with Crippen LogP contribution in [0.1, 0.15) is 19.4 Å². The number of anilines is 2. The molecule has 0 aliphatic heterocycles. The summed E-state index contributed by atoms with van der Waals surface area (Å²) in [6, 6.07) is 0. The molecule has 0 atom stereocenters. The molecule has 0 spiro atoms. The number of primary amides is 1. The Labute approximate surface area is 107 Å². The summed E-state index contributed by atoms with van der Waals surface area (Å²) < 4.78 is 0. The van der Waals surface area contributed by atoms with E-state index in [1.807, 2.05) is 11.8 Å². The molecule has 0 unspecified atom stereocenters. The van der Waals surface area contributed by atoms with Crippen molar-refractivity contribution in [1.82, 2.24) is 9.97 Å². The fraction of sp³-hybridized carbons (Fsp3) is 0.545. The van der Waals surface area contributed by atoms with Crippen molar-refractivity contribution in [2.45, 2.75) is 20.8 Å². The van der Waals surface area contributed by atoms with E-state index in [0.717, 1.165) is 5.56 Å². The van der Waals surface area contributed by atoms with Crippen LogP contribution in [-0.2, 0) is 4.79 Å². The third-order valence-electron chi connectivity index (χ3n) is 2.43. The van der Waals surface area contributed by atoms with Crippen LogP contribution in [0.2, 0.25) is 0 Å². The quantitative estimate of drug-likeness (QED) is 0.486. The molecule has 1 heterocycles. The molecular formula is C11H20N6O. The van der Waals surface area contributed by atoms with E-state index in [0.29, 0.717) is 24.1 Å². The Morgan fingerprint density at radius 3 is 2.67 bits per heavy atom. The number of rotatable bonds is 6. The molecule has 1 amide bonds. The van der Waals surface area contributed by atoms with Crippen LogP contribution < -0.4 is 21.9 Å². The van der Waals surface area contributed by atoms with Crippen LogP contribution in [0.4, 0.5) is 11.6 Å². The van der Waals surface area contributed by atoms with Crippen molar-refractivity contribution in [1.29, 1.82) is 0 Å². The first-order valence-corrected chi connectivity index (χ1v) is 5.77. The van der Waals surface area contributed by atoms with Crippen molar-refractivity contribution in [2.75, 3.05) is 23.4 Å². The SMILES string of the molecule is Cc1c(NN)ncnc1N(CC(N)=O)CC(C)C. The molecule has 0 aliphatic rings. The number of amides is 1. The molecule has 0 fully saturated rings. The van der Waals surface area contributed by atoms with Gasteiger partial charge in [0.2, 0.25) is 5.91 Å². The van der Waals surface area contributed by atoms with E-state index in [4.69, 9.17) is 11.6 Å². The van der Waals surface area contributed by atoms with Gasteiger partial charge in [-0.1, -0.05) is 13.8 Å². The Bertz CT molecular complexity index is 420. The average Bonchev–Trinajstić information content (AvgIpc) is 2.27. The monoisotopic (exact) mass is 252 g/mol. The minimum Gasteiger partial charge on any atom is -0.368 e. The Morgan fingerprint density at radius 1 is 1.50 bits per heavy atom. The highest BCUT2D eigenvalue weighted by atomic mass is 16.1. The zero-order chi connectivity index (χ0) is 13.7. The molecule has 7 nitrogen and oxygen atoms in total. The van der Waals surface area contributed by atoms with Gasteiger partial charge < -0.3 is 16.1 Å². The van der Waals surface area contributed by atoms with E-state index in [1.165, 1.54) is 6.33 Å². The van der Waals surface area contributed by atoms with Gasteiger partial charge in [-0.3, -0.25) is 4.79 Å². The smallest absolute Gasteiger partial charge is 0.236 e. The fourth-order valence-corrected chi connectivity index (χ4v) is 1.76. The number of nitrogen functional groups attached to an aromatic ring is 1. The second-order valence-corrected chi connectivity index (χ2v) is 4.56. The van der Waals surface area contributed by atoms with Crippen LogP contribution in [0.25, 0.3) is 0 Å². The van der Waals surface area contributed by atoms with Crippen molar-refractivity contribution in [2.24, 2.45) is 17.5 Å². The molecular weight excluding hydrogens is 232 g/mol. The molecule has 1 aromatic rings. The largest absolute Gasteiger partial charge is 0.368 e. The van der Waals surface area contributed by atoms with E-state index in [-0.39, 0.29) is 6.54 Å². The van der Waals surface area contributed by atoms with Gasteiger partial charge >= 0.3 is 0 Å². The molecule has 0 aromatic carbocycles. The van der Waals surface area contributed by atoms with E-state index in [1.54, 1.807) is 0 Å². The fourth-order valence-electron chi connectivity index (χ4n) is 1.76. The lowest BCUT2D eigenvalue weighted by Crippen LogP contribution is -2.37. The van der Waals surface area contributed by atoms with Gasteiger partial charge in [0.15, 0.2) is 0 Å². The highest BCUT2D eigenvalue weighted by Gasteiger charge is 2.16. The Kier molecular flexibility index (Phi) is 4.85. The molecule has 0 aliphatic carbocycles. The minimum absolute atomic E-state index is 0.125. The summed E-state index contributed by atoms with van der Waals surface area (Å²) in [5, 5.41) is 0. The van der Waals surface area contributed by atoms with Crippen LogP contribution in [0.5, 0.6) is 0 Å². The highest BCUT2D eigenvalue weighted by molar-refractivity contribution is 5.79. The summed E-state index contributed by atoms with van der Waals surface area (Å²) in [6.07, 6.45) is 1.41. The van der Waals surface area contributed by atoms with Gasteiger partial charge in [-0.15, -0.1) is 0 Å². The van der Waals surface area contributed by atoms with Crippen molar-refractivity contribution in [3.8, 4) is 0 Å². The van der Waals surface area contributed by atoms with Gasteiger partial charge in [-0.05, 0) is 12.8 Å². The summed E-state index contributed by atoms with van der Waals surface area (Å²) in [7, 11) is 0. The number of hydrazine groups is 1. The first kappa shape index (κ1) is 14.2. The number of aromatic nitrogens is 2. The number of hydrogen-bond donors (Lipinski definition) is 3. The van der Waals surface area contributed by atoms with Crippen molar-refractivity contribution >= 4 is 17.5 Å². The van der Waals surface area contributed by atoms with Gasteiger partial charge in [0.1, 0.15) is 18.0 Å². The van der Waals surface area contributed by atoms with Gasteiger partial charge in [0.25, 0.3) is 0 Å². The van der Waals surface area contributed by atoms with Gasteiger partial charge in [0, 0.05) is 12.1 Å². The van der Waals surface area contributed by atoms with Crippen LogP contribution in [0, 0.1) is 12.8 Å². The molecule has 0 radical (unpaired) electrons. The van der Waals surface area contributed by atoms with Crippen LogP contribution in [0.15, 0.2) is 6.33 Å². The van der Waals surface area contributed by atoms with E-state index < -0.39 is 5.91 Å². The van der Waals surface area contributed by atoms with E-state index in [2.05, 4.69) is 29.2 Å². The molecule has 0 saturated heterocycles. The summed E-state index contributed by atoms with van der Waals surface area (Å²) in [4.78, 5) is 21.2. The second kappa shape index (κ2) is 6.15. The molecule has 100 valence electrons. The lowest BCUT2D eigenvalue weighted by atomic mass is 10.2. The van der Waals surface area contributed by atoms with Gasteiger partial charge in [0.05, 0.1) is 6.54 Å². The lowest BCUT2D eigenvalue weighted by molar-refractivity contribution is -0.116. The zero-order valence-electron chi connectivity index (χ0n) is 11.0. The number of hydrogen-bond acceptors (Lipinski definition) is 6. The van der Waals surface area contributed by atoms with Crippen LogP contribution in [0.3, 0.4) is 0 Å². The predicted molar refractivity (Wildman–Crippen MR) is 70.8 cm³/mol. The highest BCUT2D eigenvalue weighted by Crippen LogP contribution is 2.22. The molecule has 1 aromatic heterocycles. The maximum Gasteiger partial charge on any atom is 0.236 e. The average molecular weight is 252 g/mol. The molecule has 1 rings (SSSR count). The van der Waals surface area contributed by atoms with Gasteiger partial charge in [-0.25, -0.2) is 15.8 Å². The minimum atomic E-state index is -0.393. The first-order valence-electron chi connectivity index (χ1n) is 5.77. The summed E-state index contributed by atoms with van der Waals surface area (Å²) in [6.45, 7) is 6.78. The normalized spacial score (nSPS) is 10.5. The topological polar surface area (TPSA) is 110 Å². The number of nitrogens with one attached hydrogen (secondary N) is 1.